The maximum atomic E-state index is 10.5. The smallest absolute Gasteiger partial charge is 0.207 e. The largest absolute Gasteiger partial charge is 0.358 e. The minimum atomic E-state index is -0.150. The third-order valence-corrected chi connectivity index (χ3v) is 4.24. The molecule has 1 aromatic carbocycles. The number of nitrogens with zero attached hydrogens (tertiary/aromatic N) is 2. The van der Waals surface area contributed by atoms with E-state index in [1.54, 1.807) is 6.20 Å². The number of hydrogen-bond acceptors (Lipinski definition) is 5. The van der Waals surface area contributed by atoms with Crippen LogP contribution < -0.4 is 10.6 Å². The number of hydrogen-bond donors (Lipinski definition) is 3. The number of benzene rings is 1. The molecule has 3 rings (SSSR count). The van der Waals surface area contributed by atoms with Crippen molar-refractivity contribution in [1.29, 1.82) is 0 Å². The predicted octanol–water partition coefficient (Wildman–Crippen LogP) is 2.79. The van der Waals surface area contributed by atoms with Gasteiger partial charge in [0.15, 0.2) is 5.13 Å². The van der Waals surface area contributed by atoms with Gasteiger partial charge in [0.25, 0.3) is 0 Å². The molecule has 0 aliphatic rings. The summed E-state index contributed by atoms with van der Waals surface area (Å²) < 4.78 is 0. The van der Waals surface area contributed by atoms with Crippen LogP contribution in [0.1, 0.15) is 19.4 Å². The number of nitrogens with one attached hydrogen (secondary N) is 3. The highest BCUT2D eigenvalue weighted by Gasteiger charge is 2.21. The Bertz CT molecular complexity index is 778. The van der Waals surface area contributed by atoms with Crippen LogP contribution in [0.25, 0.3) is 11.0 Å². The first-order chi connectivity index (χ1) is 10.6. The van der Waals surface area contributed by atoms with Crippen LogP contribution >= 0.6 is 11.3 Å². The molecule has 3 aromatic rings. The maximum Gasteiger partial charge on any atom is 0.207 e. The Labute approximate surface area is 132 Å². The van der Waals surface area contributed by atoms with Crippen molar-refractivity contribution in [3.63, 3.8) is 0 Å². The number of rotatable bonds is 6. The number of aromatic amines is 1. The molecular formula is C15H17N5OS. The van der Waals surface area contributed by atoms with Crippen LogP contribution in [0.15, 0.2) is 29.8 Å². The second-order valence-corrected chi connectivity index (χ2v) is 6.56. The molecule has 0 unspecified atom stereocenters. The van der Waals surface area contributed by atoms with Gasteiger partial charge in [-0.3, -0.25) is 4.79 Å². The minimum absolute atomic E-state index is 0.150. The number of amides is 1. The summed E-state index contributed by atoms with van der Waals surface area (Å²) in [6.45, 7) is 4.77. The van der Waals surface area contributed by atoms with Crippen molar-refractivity contribution in [2.75, 3.05) is 11.9 Å². The second-order valence-electron chi connectivity index (χ2n) is 5.66. The fraction of sp³-hybridized carbons (Fsp3) is 0.267. The molecule has 2 aromatic heterocycles. The molecule has 114 valence electrons. The first-order valence-electron chi connectivity index (χ1n) is 6.92. The summed E-state index contributed by atoms with van der Waals surface area (Å²) in [7, 11) is 0. The summed E-state index contributed by atoms with van der Waals surface area (Å²) in [6, 6.07) is 6.10. The van der Waals surface area contributed by atoms with Gasteiger partial charge in [0.05, 0.1) is 11.0 Å². The van der Waals surface area contributed by atoms with E-state index < -0.39 is 0 Å². The van der Waals surface area contributed by atoms with Crippen LogP contribution in [-0.4, -0.2) is 27.9 Å². The van der Waals surface area contributed by atoms with Crippen molar-refractivity contribution in [2.24, 2.45) is 0 Å². The molecule has 0 aliphatic carbocycles. The van der Waals surface area contributed by atoms with Gasteiger partial charge in [-0.15, -0.1) is 11.3 Å². The zero-order chi connectivity index (χ0) is 15.6. The summed E-state index contributed by atoms with van der Waals surface area (Å²) in [4.78, 5) is 22.4. The number of H-pyrrole nitrogens is 1. The number of anilines is 2. The summed E-state index contributed by atoms with van der Waals surface area (Å²) in [6.07, 6.45) is 2.48. The van der Waals surface area contributed by atoms with E-state index in [2.05, 4.69) is 45.5 Å². The Morgan fingerprint density at radius 2 is 2.27 bits per heavy atom. The number of carbonyl (C=O) groups is 1. The summed E-state index contributed by atoms with van der Waals surface area (Å²) >= 11 is 1.52. The van der Waals surface area contributed by atoms with Gasteiger partial charge in [-0.25, -0.2) is 9.97 Å². The lowest BCUT2D eigenvalue weighted by molar-refractivity contribution is -0.109. The van der Waals surface area contributed by atoms with E-state index in [1.807, 2.05) is 17.5 Å². The molecule has 0 bridgehead atoms. The number of fused-ring (bicyclic) bond motifs is 1. The van der Waals surface area contributed by atoms with Crippen molar-refractivity contribution in [1.82, 2.24) is 20.3 Å². The summed E-state index contributed by atoms with van der Waals surface area (Å²) in [5, 5.41) is 8.60. The highest BCUT2D eigenvalue weighted by atomic mass is 32.1. The predicted molar refractivity (Wildman–Crippen MR) is 88.6 cm³/mol. The van der Waals surface area contributed by atoms with Crippen LogP contribution in [0.2, 0.25) is 0 Å². The van der Waals surface area contributed by atoms with Crippen LogP contribution in [-0.2, 0) is 10.2 Å². The molecule has 2 heterocycles. The zero-order valence-corrected chi connectivity index (χ0v) is 13.2. The minimum Gasteiger partial charge on any atom is -0.358 e. The van der Waals surface area contributed by atoms with Gasteiger partial charge >= 0.3 is 0 Å². The van der Waals surface area contributed by atoms with Gasteiger partial charge in [0.2, 0.25) is 12.4 Å². The Balaban J connectivity index is 1.88. The lowest BCUT2D eigenvalue weighted by Crippen LogP contribution is -2.32. The Morgan fingerprint density at radius 3 is 3.00 bits per heavy atom. The van der Waals surface area contributed by atoms with Gasteiger partial charge in [-0.1, -0.05) is 19.9 Å². The second kappa shape index (κ2) is 5.76. The number of aromatic nitrogens is 3. The average molecular weight is 315 g/mol. The van der Waals surface area contributed by atoms with Crippen molar-refractivity contribution >= 4 is 39.9 Å². The van der Waals surface area contributed by atoms with Crippen molar-refractivity contribution in [3.05, 3.63) is 35.3 Å². The van der Waals surface area contributed by atoms with E-state index in [0.717, 1.165) is 28.1 Å². The molecule has 0 aliphatic heterocycles. The monoisotopic (exact) mass is 315 g/mol. The molecule has 0 saturated carbocycles. The maximum absolute atomic E-state index is 10.5. The molecule has 6 nitrogen and oxygen atoms in total. The normalized spacial score (nSPS) is 11.5. The van der Waals surface area contributed by atoms with E-state index in [1.165, 1.54) is 11.3 Å². The molecule has 0 saturated heterocycles. The Morgan fingerprint density at radius 1 is 1.41 bits per heavy atom. The molecule has 7 heteroatoms. The molecule has 0 fully saturated rings. The van der Waals surface area contributed by atoms with E-state index in [0.29, 0.717) is 12.5 Å². The van der Waals surface area contributed by atoms with Gasteiger partial charge in [0.1, 0.15) is 0 Å². The highest BCUT2D eigenvalue weighted by molar-refractivity contribution is 7.13. The quantitative estimate of drug-likeness (QED) is 0.611. The van der Waals surface area contributed by atoms with Gasteiger partial charge < -0.3 is 15.6 Å². The first-order valence-corrected chi connectivity index (χ1v) is 7.80. The summed E-state index contributed by atoms with van der Waals surface area (Å²) in [5.74, 6) is 0.672. The standard InChI is InChI=1S/C15H17N5OS/c1-15(2,8-16-9-21)10-3-4-11-12(7-10)19-13(18-11)20-14-17-5-6-22-14/h3-7,9H,8H2,1-2H3,(H,16,21)(H2,17,18,19,20). The van der Waals surface area contributed by atoms with Crippen molar-refractivity contribution < 1.29 is 4.79 Å². The number of thiazole rings is 1. The van der Waals surface area contributed by atoms with E-state index >= 15 is 0 Å². The highest BCUT2D eigenvalue weighted by Crippen LogP contribution is 2.27. The zero-order valence-electron chi connectivity index (χ0n) is 12.4. The van der Waals surface area contributed by atoms with Gasteiger partial charge in [-0.2, -0.15) is 0 Å². The fourth-order valence-corrected chi connectivity index (χ4v) is 2.80. The van der Waals surface area contributed by atoms with Crippen LogP contribution in [0.5, 0.6) is 0 Å². The molecule has 0 atom stereocenters. The van der Waals surface area contributed by atoms with Gasteiger partial charge in [-0.05, 0) is 17.7 Å². The third-order valence-electron chi connectivity index (χ3n) is 3.55. The molecule has 3 N–H and O–H groups in total. The molecule has 22 heavy (non-hydrogen) atoms. The van der Waals surface area contributed by atoms with Crippen molar-refractivity contribution in [2.45, 2.75) is 19.3 Å². The van der Waals surface area contributed by atoms with Crippen LogP contribution in [0, 0.1) is 0 Å². The van der Waals surface area contributed by atoms with Crippen molar-refractivity contribution in [3.8, 4) is 0 Å². The average Bonchev–Trinajstić information content (AvgIpc) is 3.13. The Kier molecular flexibility index (Phi) is 3.81. The SMILES string of the molecule is CC(C)(CNC=O)c1ccc2nc(Nc3nccs3)[nH]c2c1. The molecular weight excluding hydrogens is 298 g/mol. The van der Waals surface area contributed by atoms with Crippen LogP contribution in [0.3, 0.4) is 0 Å². The molecule has 0 radical (unpaired) electrons. The lowest BCUT2D eigenvalue weighted by Gasteiger charge is -2.24. The third kappa shape index (κ3) is 2.94. The van der Waals surface area contributed by atoms with Gasteiger partial charge in [0, 0.05) is 23.5 Å². The lowest BCUT2D eigenvalue weighted by atomic mass is 9.84. The molecule has 1 amide bonds. The number of imidazole rings is 1. The van der Waals surface area contributed by atoms with E-state index in [4.69, 9.17) is 0 Å². The summed E-state index contributed by atoms with van der Waals surface area (Å²) in [5.41, 5.74) is 2.83. The number of carbonyl (C=O) groups excluding carboxylic acids is 1. The fourth-order valence-electron chi connectivity index (χ4n) is 2.28. The molecule has 0 spiro atoms. The van der Waals surface area contributed by atoms with E-state index in [-0.39, 0.29) is 5.41 Å². The topological polar surface area (TPSA) is 82.7 Å². The van der Waals surface area contributed by atoms with Crippen LogP contribution in [0.4, 0.5) is 11.1 Å². The Hall–Kier alpha value is -2.41. The van der Waals surface area contributed by atoms with E-state index in [9.17, 15) is 4.79 Å². The first kappa shape index (κ1) is 14.5.